The van der Waals surface area contributed by atoms with E-state index in [-0.39, 0.29) is 63.9 Å². The van der Waals surface area contributed by atoms with Gasteiger partial charge in [-0.2, -0.15) is 0 Å². The number of nitrogens with zero attached hydrogens (tertiary/aromatic N) is 1. The quantitative estimate of drug-likeness (QED) is 0.176. The van der Waals surface area contributed by atoms with E-state index < -0.39 is 52.4 Å². The first-order chi connectivity index (χ1) is 11.4. The summed E-state index contributed by atoms with van der Waals surface area (Å²) in [5.74, 6) is 0. The number of aliphatic hydroxyl groups excluding tert-OH is 2. The molecule has 0 aromatic carbocycles. The Hall–Kier alpha value is 1.24. The molecule has 27 heavy (non-hydrogen) atoms. The van der Waals surface area contributed by atoms with E-state index in [1.165, 1.54) is 6.20 Å². The summed E-state index contributed by atoms with van der Waals surface area (Å²) in [6, 6.07) is 1.08. The van der Waals surface area contributed by atoms with Crippen LogP contribution in [0.1, 0.15) is 6.23 Å². The van der Waals surface area contributed by atoms with E-state index in [0.29, 0.717) is 0 Å². The zero-order valence-corrected chi connectivity index (χ0v) is 20.6. The first-order valence-corrected chi connectivity index (χ1v) is 9.80. The van der Waals surface area contributed by atoms with Gasteiger partial charge in [0.25, 0.3) is 21.2 Å². The number of aromatic nitrogens is 2. The van der Waals surface area contributed by atoms with Gasteiger partial charge in [-0.1, -0.05) is 0 Å². The molecule has 1 aliphatic heterocycles. The predicted octanol–water partition coefficient (Wildman–Crippen LogP) is -8.50. The molecule has 4 N–H and O–H groups in total. The van der Waals surface area contributed by atoms with Gasteiger partial charge in [0, 0.05) is 12.3 Å². The predicted molar refractivity (Wildman–Crippen MR) is 76.3 cm³/mol. The van der Waals surface area contributed by atoms with Crippen molar-refractivity contribution in [2.75, 3.05) is 6.61 Å². The molecule has 1 aromatic heterocycles. The van der Waals surface area contributed by atoms with E-state index in [9.17, 15) is 33.9 Å². The molecule has 0 radical (unpaired) electrons. The second kappa shape index (κ2) is 11.0. The maximum atomic E-state index is 11.2. The number of aliphatic hydroxyl groups is 2. The minimum atomic E-state index is -5.60. The summed E-state index contributed by atoms with van der Waals surface area (Å²) >= 11 is 4.89. The van der Waals surface area contributed by atoms with Crippen molar-refractivity contribution in [3.63, 3.8) is 0 Å². The van der Waals surface area contributed by atoms with E-state index >= 15 is 0 Å². The van der Waals surface area contributed by atoms with Crippen LogP contribution < -0.4 is 74.5 Å². The summed E-state index contributed by atoms with van der Waals surface area (Å²) in [5, 5.41) is 19.9. The van der Waals surface area contributed by atoms with Crippen molar-refractivity contribution in [2.45, 2.75) is 24.5 Å². The van der Waals surface area contributed by atoms with Gasteiger partial charge in [-0.3, -0.25) is 23.5 Å². The molecular weight excluding hydrogens is 452 g/mol. The second-order valence-corrected chi connectivity index (χ2v) is 7.99. The Bertz CT molecular complexity index is 844. The fourth-order valence-corrected chi connectivity index (χ4v) is 3.83. The average Bonchev–Trinajstić information content (AvgIpc) is 2.71. The number of phosphoric acid groups is 2. The Kier molecular flexibility index (Phi) is 11.5. The number of rotatable bonds is 6. The van der Waals surface area contributed by atoms with Crippen LogP contribution in [0.4, 0.5) is 0 Å². The van der Waals surface area contributed by atoms with Gasteiger partial charge in [-0.25, -0.2) is 4.31 Å². The van der Waals surface area contributed by atoms with Crippen molar-refractivity contribution in [1.29, 1.82) is 0 Å². The van der Waals surface area contributed by atoms with E-state index in [1.807, 2.05) is 0 Å². The van der Waals surface area contributed by atoms with Crippen LogP contribution in [-0.2, 0) is 22.7 Å². The Balaban J connectivity index is 0.00000338. The Morgan fingerprint density at radius 1 is 1.30 bits per heavy atom. The topological polar surface area (TPSA) is 206 Å². The maximum Gasteiger partial charge on any atom is 1.00 e. The van der Waals surface area contributed by atoms with E-state index in [1.54, 1.807) is 0 Å². The number of H-pyrrole nitrogens is 1. The third-order valence-corrected chi connectivity index (χ3v) is 5.47. The van der Waals surface area contributed by atoms with Gasteiger partial charge in [0.05, 0.1) is 6.61 Å². The van der Waals surface area contributed by atoms with Crippen molar-refractivity contribution < 1.29 is 107 Å². The Labute approximate surface area is 201 Å². The Morgan fingerprint density at radius 2 is 1.89 bits per heavy atom. The molecular formula is C9H12N2Na2O11P2S. The minimum absolute atomic E-state index is 0. The van der Waals surface area contributed by atoms with E-state index in [4.69, 9.17) is 21.8 Å². The molecule has 2 heterocycles. The van der Waals surface area contributed by atoms with Crippen LogP contribution in [0.25, 0.3) is 0 Å². The molecule has 0 aliphatic carbocycles. The normalized spacial score (nSPS) is 29.1. The van der Waals surface area contributed by atoms with Crippen molar-refractivity contribution in [3.8, 4) is 0 Å². The summed E-state index contributed by atoms with van der Waals surface area (Å²) in [5.41, 5.74) is -0.510. The zero-order valence-electron chi connectivity index (χ0n) is 14.0. The fourth-order valence-electron chi connectivity index (χ4n) is 2.04. The molecule has 2 unspecified atom stereocenters. The van der Waals surface area contributed by atoms with Crippen LogP contribution in [0, 0.1) is 4.77 Å². The summed E-state index contributed by atoms with van der Waals surface area (Å²) in [7, 11) is -11.0. The molecule has 1 aromatic rings. The standard InChI is InChI=1S/C9H14N2O11P2S.2Na/c12-5-1-2-11(9(25)10-5)8-7(14)6(13)4(21-8)3-20-24(18,19)22-23(15,16)17;;/h1-2,4,6-8,13-14H,3H2,(H,18,19)(H,10,12,25)(H2,15,16,17);;/q;2*+1/p-2/t4-,6-,7-,8-;;/m1../s1. The molecule has 0 amide bonds. The number of aromatic amines is 1. The largest absolute Gasteiger partial charge is 1.00 e. The third-order valence-electron chi connectivity index (χ3n) is 3.06. The molecule has 18 heteroatoms. The first kappa shape index (κ1) is 28.2. The van der Waals surface area contributed by atoms with Crippen molar-refractivity contribution in [2.24, 2.45) is 0 Å². The SMILES string of the molecule is O=c1ccn([C@@H]2O[C@H](COP(=O)([O-])OP(=O)([O-])O)[C@@H](O)[C@H]2O)c(=S)[nH]1.[Na+].[Na+]. The molecule has 2 rings (SSSR count). The summed E-state index contributed by atoms with van der Waals surface area (Å²) in [4.78, 5) is 43.4. The van der Waals surface area contributed by atoms with Gasteiger partial charge < -0.3 is 34.2 Å². The summed E-state index contributed by atoms with van der Waals surface area (Å²) < 4.78 is 35.4. The van der Waals surface area contributed by atoms with Crippen LogP contribution in [0.15, 0.2) is 17.1 Å². The van der Waals surface area contributed by atoms with Crippen LogP contribution in [0.5, 0.6) is 0 Å². The third kappa shape index (κ3) is 8.12. The second-order valence-electron chi connectivity index (χ2n) is 4.86. The Morgan fingerprint density at radius 3 is 2.41 bits per heavy atom. The van der Waals surface area contributed by atoms with Gasteiger partial charge >= 0.3 is 59.1 Å². The monoisotopic (exact) mass is 464 g/mol. The van der Waals surface area contributed by atoms with Gasteiger partial charge in [-0.05, 0) is 12.2 Å². The van der Waals surface area contributed by atoms with E-state index in [2.05, 4.69) is 13.8 Å². The van der Waals surface area contributed by atoms with Crippen molar-refractivity contribution in [3.05, 3.63) is 27.4 Å². The number of hydrogen-bond donors (Lipinski definition) is 4. The van der Waals surface area contributed by atoms with Crippen LogP contribution in [0.2, 0.25) is 0 Å². The van der Waals surface area contributed by atoms with Crippen molar-refractivity contribution in [1.82, 2.24) is 9.55 Å². The molecule has 6 atom stereocenters. The molecule has 0 saturated carbocycles. The van der Waals surface area contributed by atoms with Crippen LogP contribution in [0.3, 0.4) is 0 Å². The smallest absolute Gasteiger partial charge is 0.756 e. The molecule has 142 valence electrons. The molecule has 1 saturated heterocycles. The van der Waals surface area contributed by atoms with Crippen LogP contribution in [-0.4, -0.2) is 49.6 Å². The fraction of sp³-hybridized carbons (Fsp3) is 0.556. The maximum absolute atomic E-state index is 11.2. The summed E-state index contributed by atoms with van der Waals surface area (Å²) in [6.45, 7) is -0.924. The summed E-state index contributed by atoms with van der Waals surface area (Å²) in [6.07, 6.45) is -4.70. The van der Waals surface area contributed by atoms with Crippen molar-refractivity contribution >= 4 is 27.9 Å². The molecule has 13 nitrogen and oxygen atoms in total. The van der Waals surface area contributed by atoms with Gasteiger partial charge in [0.1, 0.15) is 18.3 Å². The molecule has 1 fully saturated rings. The van der Waals surface area contributed by atoms with Gasteiger partial charge in [0.2, 0.25) is 0 Å². The molecule has 1 aliphatic rings. The molecule has 0 spiro atoms. The average molecular weight is 464 g/mol. The zero-order chi connectivity index (χ0) is 19.0. The number of ether oxygens (including phenoxy) is 1. The number of hydrogen-bond acceptors (Lipinski definition) is 11. The number of phosphoric ester groups is 1. The van der Waals surface area contributed by atoms with Gasteiger partial charge in [-0.15, -0.1) is 0 Å². The van der Waals surface area contributed by atoms with Gasteiger partial charge in [0.15, 0.2) is 11.0 Å². The minimum Gasteiger partial charge on any atom is -0.756 e. The number of nitrogens with one attached hydrogen (secondary N) is 1. The van der Waals surface area contributed by atoms with E-state index in [0.717, 1.165) is 10.6 Å². The van der Waals surface area contributed by atoms with Crippen LogP contribution >= 0.6 is 27.9 Å². The molecule has 0 bridgehead atoms. The first-order valence-electron chi connectivity index (χ1n) is 6.43.